The van der Waals surface area contributed by atoms with Gasteiger partial charge in [0.15, 0.2) is 0 Å². The maximum absolute atomic E-state index is 11.4. The summed E-state index contributed by atoms with van der Waals surface area (Å²) < 4.78 is 0. The number of hydrogen-bond acceptors (Lipinski definition) is 5. The van der Waals surface area contributed by atoms with Gasteiger partial charge >= 0.3 is 16.9 Å². The lowest BCUT2D eigenvalue weighted by Gasteiger charge is -1.98. The molecule has 1 heterocycles. The van der Waals surface area contributed by atoms with Crippen molar-refractivity contribution in [2.24, 2.45) is 0 Å². The summed E-state index contributed by atoms with van der Waals surface area (Å²) in [7, 11) is 0. The summed E-state index contributed by atoms with van der Waals surface area (Å²) in [5.74, 6) is -0.0291. The number of hydrogen-bond donors (Lipinski definition) is 3. The van der Waals surface area contributed by atoms with Crippen molar-refractivity contribution in [3.8, 4) is 5.75 Å². The fraction of sp³-hybridized carbons (Fsp3) is 0. The number of nitrogens with one attached hydrogen (secondary N) is 2. The third kappa shape index (κ3) is 2.64. The van der Waals surface area contributed by atoms with Crippen LogP contribution in [0.15, 0.2) is 33.9 Å². The molecule has 8 heteroatoms. The summed E-state index contributed by atoms with van der Waals surface area (Å²) in [4.78, 5) is 36.4. The number of aromatic amines is 2. The molecule has 0 radical (unpaired) electrons. The van der Waals surface area contributed by atoms with Crippen LogP contribution in [0, 0.1) is 10.1 Å². The topological polar surface area (TPSA) is 129 Å². The fourth-order valence-electron chi connectivity index (χ4n) is 1.60. The van der Waals surface area contributed by atoms with E-state index < -0.39 is 21.9 Å². The van der Waals surface area contributed by atoms with Crippen LogP contribution in [0.3, 0.4) is 0 Å². The van der Waals surface area contributed by atoms with Crippen LogP contribution in [-0.4, -0.2) is 20.0 Å². The zero-order valence-electron chi connectivity index (χ0n) is 9.99. The van der Waals surface area contributed by atoms with Crippen LogP contribution in [0.25, 0.3) is 12.2 Å². The molecule has 102 valence electrons. The summed E-state index contributed by atoms with van der Waals surface area (Å²) in [6.07, 6.45) is 2.54. The Morgan fingerprint density at radius 1 is 1.15 bits per heavy atom. The molecule has 2 rings (SSSR count). The van der Waals surface area contributed by atoms with E-state index in [0.29, 0.717) is 5.56 Å². The molecule has 0 saturated heterocycles. The van der Waals surface area contributed by atoms with Gasteiger partial charge in [0.1, 0.15) is 11.4 Å². The van der Waals surface area contributed by atoms with Crippen molar-refractivity contribution < 1.29 is 10.0 Å². The quantitative estimate of drug-likeness (QED) is 0.564. The molecule has 0 aliphatic heterocycles. The van der Waals surface area contributed by atoms with Crippen molar-refractivity contribution in [3.05, 3.63) is 66.5 Å². The Bertz CT molecular complexity index is 803. The second-order valence-electron chi connectivity index (χ2n) is 3.82. The van der Waals surface area contributed by atoms with Crippen LogP contribution in [0.5, 0.6) is 5.75 Å². The van der Waals surface area contributed by atoms with E-state index >= 15 is 0 Å². The van der Waals surface area contributed by atoms with Crippen molar-refractivity contribution in [3.63, 3.8) is 0 Å². The van der Waals surface area contributed by atoms with Gasteiger partial charge in [0.05, 0.1) is 4.92 Å². The molecule has 0 aliphatic rings. The van der Waals surface area contributed by atoms with Crippen molar-refractivity contribution >= 4 is 17.8 Å². The Morgan fingerprint density at radius 3 is 2.50 bits per heavy atom. The highest BCUT2D eigenvalue weighted by Gasteiger charge is 2.18. The Labute approximate surface area is 111 Å². The Kier molecular flexibility index (Phi) is 3.47. The van der Waals surface area contributed by atoms with E-state index in [1.165, 1.54) is 18.2 Å². The molecular formula is C12H9N3O5. The molecule has 0 saturated carbocycles. The Balaban J connectivity index is 2.54. The molecule has 0 spiro atoms. The fourth-order valence-corrected chi connectivity index (χ4v) is 1.60. The lowest BCUT2D eigenvalue weighted by molar-refractivity contribution is -0.386. The highest BCUT2D eigenvalue weighted by molar-refractivity contribution is 5.73. The maximum Gasteiger partial charge on any atom is 0.357 e. The van der Waals surface area contributed by atoms with Crippen molar-refractivity contribution in [2.45, 2.75) is 0 Å². The first kappa shape index (κ1) is 13.3. The maximum atomic E-state index is 11.4. The van der Waals surface area contributed by atoms with Gasteiger partial charge in [-0.15, -0.1) is 0 Å². The van der Waals surface area contributed by atoms with E-state index in [1.54, 1.807) is 23.2 Å². The van der Waals surface area contributed by atoms with Gasteiger partial charge in [-0.05, 0) is 18.2 Å². The molecule has 0 amide bonds. The first-order valence-electron chi connectivity index (χ1n) is 5.46. The van der Waals surface area contributed by atoms with Gasteiger partial charge in [0, 0.05) is 5.56 Å². The minimum atomic E-state index is -1.09. The number of aromatic nitrogens is 2. The highest BCUT2D eigenvalue weighted by atomic mass is 16.6. The monoisotopic (exact) mass is 275 g/mol. The molecule has 0 bridgehead atoms. The van der Waals surface area contributed by atoms with Gasteiger partial charge < -0.3 is 10.1 Å². The number of nitrogens with zero attached hydrogens (tertiary/aromatic N) is 1. The molecule has 0 atom stereocenters. The third-order valence-corrected chi connectivity index (χ3v) is 2.49. The first-order valence-corrected chi connectivity index (χ1v) is 5.46. The second-order valence-corrected chi connectivity index (χ2v) is 3.82. The van der Waals surface area contributed by atoms with Crippen molar-refractivity contribution in [2.75, 3.05) is 0 Å². The number of phenolic OH excluding ortho intramolecular Hbond substituents is 1. The molecule has 3 N–H and O–H groups in total. The molecule has 0 aliphatic carbocycles. The van der Waals surface area contributed by atoms with Crippen LogP contribution in [0.4, 0.5) is 5.69 Å². The Morgan fingerprint density at radius 2 is 1.85 bits per heavy atom. The number of nitro groups is 1. The average Bonchev–Trinajstić information content (AvgIpc) is 2.36. The number of aromatic hydroxyl groups is 1. The van der Waals surface area contributed by atoms with Gasteiger partial charge in [-0.2, -0.15) is 0 Å². The average molecular weight is 275 g/mol. The van der Waals surface area contributed by atoms with Gasteiger partial charge in [-0.3, -0.25) is 19.9 Å². The molecule has 20 heavy (non-hydrogen) atoms. The van der Waals surface area contributed by atoms with Crippen molar-refractivity contribution in [1.29, 1.82) is 0 Å². The molecule has 8 nitrogen and oxygen atoms in total. The number of rotatable bonds is 3. The van der Waals surface area contributed by atoms with E-state index in [9.17, 15) is 24.8 Å². The van der Waals surface area contributed by atoms with Gasteiger partial charge in [0.2, 0.25) is 0 Å². The number of benzene rings is 1. The third-order valence-electron chi connectivity index (χ3n) is 2.49. The van der Waals surface area contributed by atoms with E-state index in [1.807, 2.05) is 0 Å². The zero-order chi connectivity index (χ0) is 14.7. The van der Waals surface area contributed by atoms with Gasteiger partial charge in [-0.25, -0.2) is 4.79 Å². The van der Waals surface area contributed by atoms with Crippen molar-refractivity contribution in [1.82, 2.24) is 9.97 Å². The van der Waals surface area contributed by atoms with E-state index in [0.717, 1.165) is 0 Å². The lowest BCUT2D eigenvalue weighted by atomic mass is 10.1. The summed E-state index contributed by atoms with van der Waals surface area (Å²) in [5, 5.41) is 20.4. The molecule has 0 unspecified atom stereocenters. The summed E-state index contributed by atoms with van der Waals surface area (Å²) in [6.45, 7) is 0. The molecule has 2 aromatic rings. The smallest absolute Gasteiger partial charge is 0.357 e. The van der Waals surface area contributed by atoms with E-state index in [4.69, 9.17) is 0 Å². The van der Waals surface area contributed by atoms with Crippen LogP contribution < -0.4 is 11.2 Å². The summed E-state index contributed by atoms with van der Waals surface area (Å²) in [6, 6.07) is 6.29. The molecular weight excluding hydrogens is 266 g/mol. The summed E-state index contributed by atoms with van der Waals surface area (Å²) >= 11 is 0. The predicted octanol–water partition coefficient (Wildman–Crippen LogP) is 0.847. The van der Waals surface area contributed by atoms with Crippen LogP contribution in [0.2, 0.25) is 0 Å². The number of H-pyrrole nitrogens is 2. The molecule has 1 aromatic heterocycles. The minimum absolute atomic E-state index is 0.0291. The van der Waals surface area contributed by atoms with E-state index in [-0.39, 0.29) is 11.4 Å². The van der Waals surface area contributed by atoms with E-state index in [2.05, 4.69) is 4.98 Å². The Hall–Kier alpha value is -3.16. The normalized spacial score (nSPS) is 10.8. The largest absolute Gasteiger partial charge is 0.507 e. The minimum Gasteiger partial charge on any atom is -0.507 e. The standard InChI is InChI=1S/C12H9N3O5/c16-9-4-2-1-3-7(9)5-6-8-10(15(19)20)11(17)14-12(18)13-8/h1-6,16H,(H2,13,14,17,18)/b6-5+. The highest BCUT2D eigenvalue weighted by Crippen LogP contribution is 2.19. The SMILES string of the molecule is O=c1[nH]c(/C=C/c2ccccc2O)c([N+](=O)[O-])c(=O)[nH]1. The summed E-state index contributed by atoms with van der Waals surface area (Å²) in [5.41, 5.74) is -2.56. The van der Waals surface area contributed by atoms with Gasteiger partial charge in [-0.1, -0.05) is 18.2 Å². The molecule has 1 aromatic carbocycles. The zero-order valence-corrected chi connectivity index (χ0v) is 9.99. The van der Waals surface area contributed by atoms with Crippen LogP contribution in [-0.2, 0) is 0 Å². The second kappa shape index (κ2) is 5.22. The lowest BCUT2D eigenvalue weighted by Crippen LogP contribution is -2.25. The number of phenols is 1. The predicted molar refractivity (Wildman–Crippen MR) is 71.4 cm³/mol. The first-order chi connectivity index (χ1) is 9.49. The van der Waals surface area contributed by atoms with Gasteiger partial charge in [0.25, 0.3) is 0 Å². The molecule has 0 fully saturated rings. The number of para-hydroxylation sites is 1. The van der Waals surface area contributed by atoms with Crippen LogP contribution >= 0.6 is 0 Å². The van der Waals surface area contributed by atoms with Crippen LogP contribution in [0.1, 0.15) is 11.3 Å².